The van der Waals surface area contributed by atoms with Crippen LogP contribution in [-0.4, -0.2) is 72.3 Å². The summed E-state index contributed by atoms with van der Waals surface area (Å²) in [5.41, 5.74) is 6.10. The van der Waals surface area contributed by atoms with E-state index in [-0.39, 0.29) is 5.41 Å². The van der Waals surface area contributed by atoms with Gasteiger partial charge in [-0.2, -0.15) is 0 Å². The number of halogens is 1. The Bertz CT molecular complexity index is 1070. The van der Waals surface area contributed by atoms with Crippen LogP contribution in [-0.2, 0) is 6.54 Å². The predicted octanol–water partition coefficient (Wildman–Crippen LogP) is 3.92. The lowest BCUT2D eigenvalue weighted by Gasteiger charge is -2.57. The summed E-state index contributed by atoms with van der Waals surface area (Å²) in [5, 5.41) is 1.17. The van der Waals surface area contributed by atoms with E-state index in [9.17, 15) is 4.39 Å². The largest absolute Gasteiger partial charge is 0.369 e. The minimum atomic E-state index is -0.563. The first-order chi connectivity index (χ1) is 15.1. The third-order valence-corrected chi connectivity index (χ3v) is 7.43. The molecular formula is C25H30FN5. The van der Waals surface area contributed by atoms with Crippen LogP contribution in [0.3, 0.4) is 0 Å². The van der Waals surface area contributed by atoms with Crippen molar-refractivity contribution < 1.29 is 4.39 Å². The number of aromatic nitrogens is 2. The van der Waals surface area contributed by atoms with Crippen molar-refractivity contribution in [3.8, 4) is 11.3 Å². The molecule has 3 aromatic rings. The molecule has 6 heteroatoms. The van der Waals surface area contributed by atoms with E-state index in [0.29, 0.717) is 0 Å². The van der Waals surface area contributed by atoms with Gasteiger partial charge >= 0.3 is 0 Å². The average molecular weight is 420 g/mol. The number of nitrogens with one attached hydrogen (secondary N) is 1. The summed E-state index contributed by atoms with van der Waals surface area (Å²) in [5.74, 6) is 0. The Balaban J connectivity index is 1.19. The zero-order valence-electron chi connectivity index (χ0n) is 18.1. The minimum Gasteiger partial charge on any atom is -0.369 e. The van der Waals surface area contributed by atoms with Crippen LogP contribution in [0.25, 0.3) is 22.2 Å². The Morgan fingerprint density at radius 2 is 1.81 bits per heavy atom. The molecule has 1 aliphatic carbocycles. The summed E-state index contributed by atoms with van der Waals surface area (Å²) in [6, 6.07) is 13.2. The van der Waals surface area contributed by atoms with E-state index >= 15 is 0 Å². The lowest BCUT2D eigenvalue weighted by molar-refractivity contribution is -0.106. The molecule has 1 aromatic carbocycles. The Morgan fingerprint density at radius 1 is 1.06 bits per heavy atom. The zero-order chi connectivity index (χ0) is 21.0. The third kappa shape index (κ3) is 3.52. The first kappa shape index (κ1) is 19.3. The second kappa shape index (κ2) is 7.31. The number of aromatic amines is 1. The van der Waals surface area contributed by atoms with Crippen LogP contribution < -0.4 is 4.90 Å². The lowest BCUT2D eigenvalue weighted by Crippen LogP contribution is -2.62. The minimum absolute atomic E-state index is 0.281. The number of H-pyrrole nitrogens is 1. The van der Waals surface area contributed by atoms with Gasteiger partial charge in [0.1, 0.15) is 6.17 Å². The number of rotatable bonds is 4. The highest BCUT2D eigenvalue weighted by Crippen LogP contribution is 2.50. The molecule has 0 amide bonds. The maximum Gasteiger partial charge on any atom is 0.101 e. The topological polar surface area (TPSA) is 38.4 Å². The molecule has 4 heterocycles. The second-order valence-corrected chi connectivity index (χ2v) is 9.90. The second-order valence-electron chi connectivity index (χ2n) is 9.90. The highest BCUT2D eigenvalue weighted by atomic mass is 19.1. The highest BCUT2D eigenvalue weighted by molar-refractivity contribution is 5.93. The fraction of sp³-hybridized carbons (Fsp3) is 0.480. The number of hydrogen-bond donors (Lipinski definition) is 1. The molecule has 3 fully saturated rings. The Kier molecular flexibility index (Phi) is 4.54. The fourth-order valence-corrected chi connectivity index (χ4v) is 5.71. The first-order valence-electron chi connectivity index (χ1n) is 11.4. The van der Waals surface area contributed by atoms with Crippen molar-refractivity contribution in [2.45, 2.75) is 25.6 Å². The van der Waals surface area contributed by atoms with Gasteiger partial charge in [-0.05, 0) is 44.2 Å². The molecule has 6 rings (SSSR count). The van der Waals surface area contributed by atoms with E-state index in [4.69, 9.17) is 4.98 Å². The number of likely N-dealkylation sites (tertiary alicyclic amines) is 1. The van der Waals surface area contributed by atoms with Gasteiger partial charge in [0.2, 0.25) is 0 Å². The highest BCUT2D eigenvalue weighted by Gasteiger charge is 2.52. The van der Waals surface area contributed by atoms with Gasteiger partial charge in [-0.1, -0.05) is 12.1 Å². The van der Waals surface area contributed by atoms with Crippen molar-refractivity contribution in [1.82, 2.24) is 19.8 Å². The molecule has 0 radical (unpaired) electrons. The lowest BCUT2D eigenvalue weighted by atomic mass is 9.62. The molecule has 0 atom stereocenters. The monoisotopic (exact) mass is 419 g/mol. The molecule has 2 aliphatic heterocycles. The van der Waals surface area contributed by atoms with E-state index in [0.717, 1.165) is 75.4 Å². The standard InChI is InChI=1S/C25H30FN5/c1-29-8-10-31(11-9-29)21-4-2-18(3-5-21)24-22-12-20(28-23(22)6-7-27-24)15-30-16-25(17-30)13-19(26)14-25/h2-7,12,19,28H,8-11,13-17H2,1H3. The summed E-state index contributed by atoms with van der Waals surface area (Å²) in [6.07, 6.45) is 2.84. The predicted molar refractivity (Wildman–Crippen MR) is 123 cm³/mol. The molecule has 5 nitrogen and oxygen atoms in total. The Morgan fingerprint density at radius 3 is 2.52 bits per heavy atom. The maximum atomic E-state index is 13.2. The number of pyridine rings is 1. The van der Waals surface area contributed by atoms with Crippen LogP contribution in [0.15, 0.2) is 42.6 Å². The summed E-state index contributed by atoms with van der Waals surface area (Å²) >= 11 is 0. The van der Waals surface area contributed by atoms with Crippen molar-refractivity contribution >= 4 is 16.6 Å². The molecule has 1 spiro atoms. The number of hydrogen-bond acceptors (Lipinski definition) is 4. The molecule has 0 bridgehead atoms. The van der Waals surface area contributed by atoms with Gasteiger partial charge in [-0.15, -0.1) is 0 Å². The van der Waals surface area contributed by atoms with Crippen molar-refractivity contribution in [2.24, 2.45) is 5.41 Å². The molecule has 1 saturated carbocycles. The van der Waals surface area contributed by atoms with Gasteiger partial charge in [0.15, 0.2) is 0 Å². The van der Waals surface area contributed by atoms with Crippen molar-refractivity contribution in [2.75, 3.05) is 51.2 Å². The Labute approximate surface area is 182 Å². The van der Waals surface area contributed by atoms with Crippen LogP contribution in [0.2, 0.25) is 0 Å². The summed E-state index contributed by atoms with van der Waals surface area (Å²) in [4.78, 5) is 15.6. The molecule has 3 aliphatic rings. The van der Waals surface area contributed by atoms with Gasteiger partial charge in [0.25, 0.3) is 0 Å². The molecule has 162 valence electrons. The van der Waals surface area contributed by atoms with Crippen molar-refractivity contribution in [3.05, 3.63) is 48.3 Å². The van der Waals surface area contributed by atoms with Gasteiger partial charge < -0.3 is 14.8 Å². The SMILES string of the molecule is CN1CCN(c2ccc(-c3nccc4[nH]c(CN5CC6(CC(F)C6)C5)cc34)cc2)CC1. The summed E-state index contributed by atoms with van der Waals surface area (Å²) in [6.45, 7) is 7.34. The summed E-state index contributed by atoms with van der Waals surface area (Å²) in [7, 11) is 2.19. The van der Waals surface area contributed by atoms with E-state index in [1.807, 2.05) is 6.20 Å². The van der Waals surface area contributed by atoms with Crippen LogP contribution in [0.5, 0.6) is 0 Å². The van der Waals surface area contributed by atoms with Gasteiger partial charge in [0.05, 0.1) is 5.69 Å². The maximum absolute atomic E-state index is 13.2. The van der Waals surface area contributed by atoms with Gasteiger partial charge in [-0.3, -0.25) is 9.88 Å². The number of alkyl halides is 1. The summed E-state index contributed by atoms with van der Waals surface area (Å²) < 4.78 is 13.2. The van der Waals surface area contributed by atoms with Crippen molar-refractivity contribution in [3.63, 3.8) is 0 Å². The zero-order valence-corrected chi connectivity index (χ0v) is 18.1. The van der Waals surface area contributed by atoms with Crippen LogP contribution in [0, 0.1) is 5.41 Å². The number of anilines is 1. The molecule has 2 aromatic heterocycles. The number of likely N-dealkylation sites (N-methyl/N-ethyl adjacent to an activating group) is 1. The molecule has 31 heavy (non-hydrogen) atoms. The number of benzene rings is 1. The average Bonchev–Trinajstić information content (AvgIpc) is 3.14. The fourth-order valence-electron chi connectivity index (χ4n) is 5.71. The smallest absolute Gasteiger partial charge is 0.101 e. The molecular weight excluding hydrogens is 389 g/mol. The normalized spacial score (nSPS) is 22.1. The van der Waals surface area contributed by atoms with E-state index in [2.05, 4.69) is 63.1 Å². The molecule has 0 unspecified atom stereocenters. The molecule has 2 saturated heterocycles. The number of nitrogens with zero attached hydrogens (tertiary/aromatic N) is 4. The van der Waals surface area contributed by atoms with Gasteiger partial charge in [0, 0.05) is 85.3 Å². The third-order valence-electron chi connectivity index (χ3n) is 7.43. The van der Waals surface area contributed by atoms with Gasteiger partial charge in [-0.25, -0.2) is 4.39 Å². The van der Waals surface area contributed by atoms with Crippen LogP contribution in [0.1, 0.15) is 18.5 Å². The van der Waals surface area contributed by atoms with E-state index in [1.54, 1.807) is 0 Å². The van der Waals surface area contributed by atoms with Crippen LogP contribution in [0.4, 0.5) is 10.1 Å². The van der Waals surface area contributed by atoms with E-state index in [1.165, 1.54) is 16.8 Å². The molecule has 1 N–H and O–H groups in total. The first-order valence-corrected chi connectivity index (χ1v) is 11.4. The van der Waals surface area contributed by atoms with Crippen LogP contribution >= 0.6 is 0 Å². The quantitative estimate of drug-likeness (QED) is 0.696. The van der Waals surface area contributed by atoms with E-state index < -0.39 is 6.17 Å². The Hall–Kier alpha value is -2.44. The number of fused-ring (bicyclic) bond motifs is 1. The number of piperazine rings is 1. The van der Waals surface area contributed by atoms with Crippen molar-refractivity contribution in [1.29, 1.82) is 0 Å².